The molecule has 4 aromatic rings. The molecule has 0 aliphatic heterocycles. The van der Waals surface area contributed by atoms with Crippen LogP contribution in [0.2, 0.25) is 5.02 Å². The van der Waals surface area contributed by atoms with Crippen LogP contribution in [0.3, 0.4) is 0 Å². The third-order valence-electron chi connectivity index (χ3n) is 5.77. The summed E-state index contributed by atoms with van der Waals surface area (Å²) in [7, 11) is 1.82. The highest BCUT2D eigenvalue weighted by molar-refractivity contribution is 7.19. The fourth-order valence-corrected chi connectivity index (χ4v) is 5.66. The van der Waals surface area contributed by atoms with Crippen LogP contribution >= 0.6 is 22.9 Å². The number of halogens is 1. The van der Waals surface area contributed by atoms with E-state index in [2.05, 4.69) is 20.4 Å². The molecular formula is C21H22ClN7OS. The fourth-order valence-electron chi connectivity index (χ4n) is 4.20. The first kappa shape index (κ1) is 20.2. The van der Waals surface area contributed by atoms with Gasteiger partial charge in [0.05, 0.1) is 21.6 Å². The van der Waals surface area contributed by atoms with Crippen molar-refractivity contribution in [2.45, 2.75) is 19.3 Å². The van der Waals surface area contributed by atoms with Gasteiger partial charge in [0.25, 0.3) is 0 Å². The van der Waals surface area contributed by atoms with Crippen molar-refractivity contribution in [2.75, 3.05) is 25.5 Å². The molecule has 10 heteroatoms. The Morgan fingerprint density at radius 2 is 2.32 bits per heavy atom. The quantitative estimate of drug-likeness (QED) is 0.479. The minimum Gasteiger partial charge on any atom is -0.344 e. The maximum Gasteiger partial charge on any atom is 0.225 e. The smallest absolute Gasteiger partial charge is 0.225 e. The number of likely N-dealkylation sites (N-methyl/N-ethyl adjacent to an activating group) is 1. The number of nitrogens with one attached hydrogen (secondary N) is 1. The number of anilines is 2. The molecule has 1 aliphatic carbocycles. The van der Waals surface area contributed by atoms with Gasteiger partial charge in [0.1, 0.15) is 17.0 Å². The molecule has 1 unspecified atom stereocenters. The first-order valence-electron chi connectivity index (χ1n) is 10.2. The number of amides is 1. The summed E-state index contributed by atoms with van der Waals surface area (Å²) >= 11 is 8.12. The Kier molecular flexibility index (Phi) is 5.25. The molecule has 1 atom stereocenters. The molecule has 1 amide bonds. The number of rotatable bonds is 5. The highest BCUT2D eigenvalue weighted by atomic mass is 35.5. The number of fused-ring (bicyclic) bond motifs is 4. The summed E-state index contributed by atoms with van der Waals surface area (Å²) in [5, 5.41) is 9.19. The maximum absolute atomic E-state index is 12.8. The van der Waals surface area contributed by atoms with Gasteiger partial charge in [-0.3, -0.25) is 4.79 Å². The molecule has 5 rings (SSSR count). The van der Waals surface area contributed by atoms with Crippen LogP contribution in [-0.4, -0.2) is 50.5 Å². The Morgan fingerprint density at radius 1 is 1.45 bits per heavy atom. The summed E-state index contributed by atoms with van der Waals surface area (Å²) in [5.74, 6) is 0.886. The predicted octanol–water partition coefficient (Wildman–Crippen LogP) is 3.26. The summed E-state index contributed by atoms with van der Waals surface area (Å²) < 4.78 is 1.73. The first-order valence-corrected chi connectivity index (χ1v) is 11.3. The zero-order valence-electron chi connectivity index (χ0n) is 17.0. The largest absolute Gasteiger partial charge is 0.344 e. The Morgan fingerprint density at radius 3 is 3.16 bits per heavy atom. The molecule has 0 radical (unpaired) electrons. The molecule has 0 bridgehead atoms. The van der Waals surface area contributed by atoms with E-state index in [1.165, 1.54) is 10.4 Å². The fraction of sp³-hybridized carbons (Fsp3) is 0.333. The second kappa shape index (κ2) is 8.07. The van der Waals surface area contributed by atoms with Crippen molar-refractivity contribution >= 4 is 56.1 Å². The van der Waals surface area contributed by atoms with Crippen LogP contribution in [0.4, 0.5) is 11.5 Å². The molecule has 0 fully saturated rings. The summed E-state index contributed by atoms with van der Waals surface area (Å²) in [5.41, 5.74) is 8.55. The number of hydrogen-bond acceptors (Lipinski definition) is 7. The van der Waals surface area contributed by atoms with E-state index in [4.69, 9.17) is 17.3 Å². The summed E-state index contributed by atoms with van der Waals surface area (Å²) in [4.78, 5) is 25.6. The van der Waals surface area contributed by atoms with E-state index in [9.17, 15) is 4.79 Å². The average molecular weight is 456 g/mol. The Hall–Kier alpha value is -2.75. The predicted molar refractivity (Wildman–Crippen MR) is 123 cm³/mol. The highest BCUT2D eigenvalue weighted by Gasteiger charge is 2.30. The van der Waals surface area contributed by atoms with Gasteiger partial charge >= 0.3 is 0 Å². The molecule has 1 aliphatic rings. The number of aromatic nitrogens is 4. The van der Waals surface area contributed by atoms with E-state index >= 15 is 0 Å². The van der Waals surface area contributed by atoms with Gasteiger partial charge < -0.3 is 16.0 Å². The molecule has 0 spiro atoms. The van der Waals surface area contributed by atoms with Crippen molar-refractivity contribution in [1.29, 1.82) is 0 Å². The van der Waals surface area contributed by atoms with Crippen LogP contribution < -0.4 is 11.1 Å². The Bertz CT molecular complexity index is 1280. The number of nitrogens with zero attached hydrogens (tertiary/aromatic N) is 5. The average Bonchev–Trinajstić information content (AvgIpc) is 3.37. The van der Waals surface area contributed by atoms with E-state index in [1.54, 1.807) is 39.5 Å². The molecule has 4 heterocycles. The van der Waals surface area contributed by atoms with E-state index in [-0.39, 0.29) is 11.8 Å². The SMILES string of the molecule is CN(CCN)C(=O)C1CCc2c(sc3ncnc(Nc4cc5ccnn5cc4Cl)c23)C1. The number of carbonyl (C=O) groups is 1. The van der Waals surface area contributed by atoms with Crippen molar-refractivity contribution in [2.24, 2.45) is 11.7 Å². The molecule has 0 saturated heterocycles. The Labute approximate surface area is 188 Å². The van der Waals surface area contributed by atoms with Crippen molar-refractivity contribution in [3.8, 4) is 0 Å². The summed E-state index contributed by atoms with van der Waals surface area (Å²) in [6, 6.07) is 3.87. The van der Waals surface area contributed by atoms with E-state index in [0.29, 0.717) is 18.1 Å². The standard InChI is InChI=1S/C21H22ClN7OS/c1-28(7-5-23)21(30)12-2-3-14-17(8-12)31-20-18(14)19(24-11-25-20)27-16-9-13-4-6-26-29(13)10-15(16)22/h4,6,9-12H,2-3,5,7-8,23H2,1H3,(H,24,25,27). The molecule has 3 N–H and O–H groups in total. The van der Waals surface area contributed by atoms with Crippen molar-refractivity contribution in [3.63, 3.8) is 0 Å². The van der Waals surface area contributed by atoms with Crippen LogP contribution in [0.15, 0.2) is 30.9 Å². The minimum atomic E-state index is -0.0137. The topological polar surface area (TPSA) is 101 Å². The van der Waals surface area contributed by atoms with Gasteiger partial charge in [-0.2, -0.15) is 5.10 Å². The van der Waals surface area contributed by atoms with Gasteiger partial charge in [0.2, 0.25) is 5.91 Å². The summed E-state index contributed by atoms with van der Waals surface area (Å²) in [6.07, 6.45) is 7.43. The number of hydrogen-bond donors (Lipinski definition) is 2. The molecular weight excluding hydrogens is 434 g/mol. The number of aryl methyl sites for hydroxylation is 1. The lowest BCUT2D eigenvalue weighted by molar-refractivity contribution is -0.134. The second-order valence-electron chi connectivity index (χ2n) is 7.76. The monoisotopic (exact) mass is 455 g/mol. The zero-order chi connectivity index (χ0) is 21.5. The lowest BCUT2D eigenvalue weighted by atomic mass is 9.87. The van der Waals surface area contributed by atoms with Gasteiger partial charge in [-0.1, -0.05) is 11.6 Å². The molecule has 0 saturated carbocycles. The molecule has 8 nitrogen and oxygen atoms in total. The van der Waals surface area contributed by atoms with E-state index < -0.39 is 0 Å². The molecule has 0 aromatic carbocycles. The lowest BCUT2D eigenvalue weighted by Crippen LogP contribution is -2.38. The second-order valence-corrected chi connectivity index (χ2v) is 9.25. The summed E-state index contributed by atoms with van der Waals surface area (Å²) in [6.45, 7) is 1.05. The van der Waals surface area contributed by atoms with Crippen LogP contribution in [-0.2, 0) is 17.6 Å². The van der Waals surface area contributed by atoms with E-state index in [0.717, 1.165) is 46.5 Å². The van der Waals surface area contributed by atoms with Gasteiger partial charge in [0, 0.05) is 43.3 Å². The van der Waals surface area contributed by atoms with Crippen LogP contribution in [0.25, 0.3) is 15.7 Å². The van der Waals surface area contributed by atoms with Crippen molar-refractivity contribution < 1.29 is 4.79 Å². The van der Waals surface area contributed by atoms with Crippen molar-refractivity contribution in [1.82, 2.24) is 24.5 Å². The third kappa shape index (κ3) is 3.62. The molecule has 160 valence electrons. The lowest BCUT2D eigenvalue weighted by Gasteiger charge is -2.26. The molecule has 4 aromatic heterocycles. The van der Waals surface area contributed by atoms with Crippen LogP contribution in [0.5, 0.6) is 0 Å². The number of nitrogens with two attached hydrogens (primary N) is 1. The van der Waals surface area contributed by atoms with Crippen LogP contribution in [0, 0.1) is 5.92 Å². The molecule has 31 heavy (non-hydrogen) atoms. The zero-order valence-corrected chi connectivity index (χ0v) is 18.6. The number of thiophene rings is 1. The van der Waals surface area contributed by atoms with Gasteiger partial charge in [-0.15, -0.1) is 11.3 Å². The maximum atomic E-state index is 12.8. The van der Waals surface area contributed by atoms with E-state index in [1.807, 2.05) is 19.2 Å². The van der Waals surface area contributed by atoms with Gasteiger partial charge in [0.15, 0.2) is 0 Å². The third-order valence-corrected chi connectivity index (χ3v) is 7.24. The Balaban J connectivity index is 1.48. The minimum absolute atomic E-state index is 0.0137. The number of pyridine rings is 1. The van der Waals surface area contributed by atoms with Crippen LogP contribution in [0.1, 0.15) is 16.9 Å². The first-order chi connectivity index (χ1) is 15.0. The van der Waals surface area contributed by atoms with Crippen molar-refractivity contribution in [3.05, 3.63) is 46.3 Å². The van der Waals surface area contributed by atoms with Gasteiger partial charge in [-0.05, 0) is 37.0 Å². The van der Waals surface area contributed by atoms with Gasteiger partial charge in [-0.25, -0.2) is 14.5 Å². The number of carbonyl (C=O) groups excluding carboxylic acids is 1. The highest BCUT2D eigenvalue weighted by Crippen LogP contribution is 2.41. The normalized spacial score (nSPS) is 15.9.